The summed E-state index contributed by atoms with van der Waals surface area (Å²) >= 11 is 2.94. The predicted molar refractivity (Wildman–Crippen MR) is 105 cm³/mol. The Hall–Kier alpha value is -1.60. The standard InChI is InChI=1S/C18H24N4OS2/c1-12-8-6-7-11-15(12)20-16(23)13(2)24-18-22-21-17(25-18)19-14-9-4-3-5-10-14/h3-5,9-10,12-13,15H,6-8,11H2,1-2H3,(H,19,21)(H,20,23)/t12-,13-,15+/m1/s1. The number of carbonyl (C=O) groups excluding carboxylic acids is 1. The minimum Gasteiger partial charge on any atom is -0.352 e. The lowest BCUT2D eigenvalue weighted by molar-refractivity contribution is -0.121. The number of hydrogen-bond donors (Lipinski definition) is 2. The second kappa shape index (κ2) is 8.67. The normalized spacial score (nSPS) is 21.5. The van der Waals surface area contributed by atoms with Crippen molar-refractivity contribution in [1.82, 2.24) is 15.5 Å². The zero-order valence-corrected chi connectivity index (χ0v) is 16.2. The van der Waals surface area contributed by atoms with Crippen LogP contribution in [0.1, 0.15) is 39.5 Å². The molecule has 0 bridgehead atoms. The first-order valence-electron chi connectivity index (χ1n) is 8.74. The molecule has 0 spiro atoms. The number of anilines is 2. The summed E-state index contributed by atoms with van der Waals surface area (Å²) in [7, 11) is 0. The van der Waals surface area contributed by atoms with Gasteiger partial charge in [-0.2, -0.15) is 0 Å². The second-order valence-electron chi connectivity index (χ2n) is 6.50. The minimum atomic E-state index is -0.174. The number of aromatic nitrogens is 2. The summed E-state index contributed by atoms with van der Waals surface area (Å²) in [5.74, 6) is 0.662. The molecule has 2 aromatic rings. The van der Waals surface area contributed by atoms with Crippen molar-refractivity contribution in [2.75, 3.05) is 5.32 Å². The van der Waals surface area contributed by atoms with Crippen molar-refractivity contribution in [1.29, 1.82) is 0 Å². The predicted octanol–water partition coefficient (Wildman–Crippen LogP) is 4.46. The fourth-order valence-corrected chi connectivity index (χ4v) is 4.91. The van der Waals surface area contributed by atoms with Crippen LogP contribution in [0.5, 0.6) is 0 Å². The SMILES string of the molecule is C[C@@H]1CCCC[C@@H]1NC(=O)[C@@H](C)Sc1nnc(Nc2ccccc2)s1. The zero-order chi connectivity index (χ0) is 17.6. The molecule has 3 atom stereocenters. The Labute approximate surface area is 157 Å². The smallest absolute Gasteiger partial charge is 0.233 e. The maximum atomic E-state index is 12.5. The average Bonchev–Trinajstić information content (AvgIpc) is 3.04. The third-order valence-electron chi connectivity index (χ3n) is 4.52. The fraction of sp³-hybridized carbons (Fsp3) is 0.500. The van der Waals surface area contributed by atoms with Crippen LogP contribution in [0, 0.1) is 5.92 Å². The molecular formula is C18H24N4OS2. The van der Waals surface area contributed by atoms with Gasteiger partial charge in [-0.25, -0.2) is 0 Å². The molecule has 1 aromatic heterocycles. The van der Waals surface area contributed by atoms with Crippen LogP contribution in [0.15, 0.2) is 34.7 Å². The van der Waals surface area contributed by atoms with E-state index in [4.69, 9.17) is 0 Å². The molecule has 3 rings (SSSR count). The molecule has 0 unspecified atom stereocenters. The van der Waals surface area contributed by atoms with Crippen LogP contribution in [0.4, 0.5) is 10.8 Å². The largest absolute Gasteiger partial charge is 0.352 e. The molecule has 0 saturated heterocycles. The highest BCUT2D eigenvalue weighted by atomic mass is 32.2. The number of carbonyl (C=O) groups is 1. The van der Waals surface area contributed by atoms with Gasteiger partial charge in [-0.15, -0.1) is 10.2 Å². The molecule has 25 heavy (non-hydrogen) atoms. The molecule has 1 heterocycles. The van der Waals surface area contributed by atoms with Gasteiger partial charge in [-0.3, -0.25) is 4.79 Å². The van der Waals surface area contributed by atoms with Gasteiger partial charge >= 0.3 is 0 Å². The van der Waals surface area contributed by atoms with E-state index in [1.54, 1.807) is 0 Å². The Morgan fingerprint density at radius 3 is 2.76 bits per heavy atom. The molecule has 1 aliphatic carbocycles. The summed E-state index contributed by atoms with van der Waals surface area (Å²) in [5.41, 5.74) is 0.979. The van der Waals surface area contributed by atoms with Gasteiger partial charge in [0.25, 0.3) is 0 Å². The minimum absolute atomic E-state index is 0.0940. The first-order chi connectivity index (χ1) is 12.1. The molecule has 1 aliphatic rings. The first-order valence-corrected chi connectivity index (χ1v) is 10.4. The highest BCUT2D eigenvalue weighted by molar-refractivity contribution is 8.02. The van der Waals surface area contributed by atoms with E-state index >= 15 is 0 Å². The fourth-order valence-electron chi connectivity index (χ4n) is 2.99. The Bertz CT molecular complexity index is 691. The monoisotopic (exact) mass is 376 g/mol. The van der Waals surface area contributed by atoms with E-state index in [1.165, 1.54) is 42.4 Å². The highest BCUT2D eigenvalue weighted by Gasteiger charge is 2.25. The Kier molecular flexibility index (Phi) is 6.31. The average molecular weight is 377 g/mol. The molecule has 2 N–H and O–H groups in total. The van der Waals surface area contributed by atoms with Crippen LogP contribution in [0.3, 0.4) is 0 Å². The number of rotatable bonds is 6. The number of nitrogens with zero attached hydrogens (tertiary/aromatic N) is 2. The third kappa shape index (κ3) is 5.19. The van der Waals surface area contributed by atoms with E-state index < -0.39 is 0 Å². The highest BCUT2D eigenvalue weighted by Crippen LogP contribution is 2.31. The van der Waals surface area contributed by atoms with Gasteiger partial charge in [0, 0.05) is 11.7 Å². The number of hydrogen-bond acceptors (Lipinski definition) is 6. The maximum Gasteiger partial charge on any atom is 0.233 e. The number of nitrogens with one attached hydrogen (secondary N) is 2. The molecule has 1 fully saturated rings. The van der Waals surface area contributed by atoms with Crippen LogP contribution in [0.25, 0.3) is 0 Å². The zero-order valence-electron chi connectivity index (χ0n) is 14.6. The number of benzene rings is 1. The van der Waals surface area contributed by atoms with Gasteiger partial charge < -0.3 is 10.6 Å². The molecule has 1 saturated carbocycles. The summed E-state index contributed by atoms with van der Waals surface area (Å²) in [6, 6.07) is 10.2. The number of para-hydroxylation sites is 1. The van der Waals surface area contributed by atoms with E-state index in [1.807, 2.05) is 37.3 Å². The van der Waals surface area contributed by atoms with Crippen molar-refractivity contribution < 1.29 is 4.79 Å². The summed E-state index contributed by atoms with van der Waals surface area (Å²) in [6.45, 7) is 4.16. The van der Waals surface area contributed by atoms with E-state index in [0.717, 1.165) is 21.6 Å². The van der Waals surface area contributed by atoms with Gasteiger partial charge in [0.2, 0.25) is 11.0 Å². The summed E-state index contributed by atoms with van der Waals surface area (Å²) in [4.78, 5) is 12.5. The first kappa shape index (κ1) is 18.2. The van der Waals surface area contributed by atoms with Crippen molar-refractivity contribution in [2.24, 2.45) is 5.92 Å². The van der Waals surface area contributed by atoms with Crippen molar-refractivity contribution in [3.05, 3.63) is 30.3 Å². The Balaban J connectivity index is 1.52. The van der Waals surface area contributed by atoms with Crippen LogP contribution in [0.2, 0.25) is 0 Å². The van der Waals surface area contributed by atoms with Gasteiger partial charge in [0.15, 0.2) is 4.34 Å². The Morgan fingerprint density at radius 1 is 1.24 bits per heavy atom. The van der Waals surface area contributed by atoms with E-state index in [9.17, 15) is 4.79 Å². The summed E-state index contributed by atoms with van der Waals surface area (Å²) in [5, 5.41) is 15.4. The summed E-state index contributed by atoms with van der Waals surface area (Å²) in [6.07, 6.45) is 4.78. The van der Waals surface area contributed by atoms with Gasteiger partial charge in [-0.1, -0.05) is 61.1 Å². The van der Waals surface area contributed by atoms with Gasteiger partial charge in [0.1, 0.15) is 0 Å². The van der Waals surface area contributed by atoms with Crippen molar-refractivity contribution in [2.45, 2.75) is 55.2 Å². The van der Waals surface area contributed by atoms with Crippen LogP contribution in [-0.2, 0) is 4.79 Å². The molecule has 5 nitrogen and oxygen atoms in total. The Morgan fingerprint density at radius 2 is 2.00 bits per heavy atom. The second-order valence-corrected chi connectivity index (χ2v) is 9.07. The molecule has 1 amide bonds. The molecule has 1 aromatic carbocycles. The molecular weight excluding hydrogens is 352 g/mol. The number of thioether (sulfide) groups is 1. The van der Waals surface area contributed by atoms with Gasteiger partial charge in [-0.05, 0) is 37.8 Å². The van der Waals surface area contributed by atoms with Crippen LogP contribution in [-0.4, -0.2) is 27.4 Å². The quantitative estimate of drug-likeness (QED) is 0.729. The molecule has 134 valence electrons. The number of amides is 1. The maximum absolute atomic E-state index is 12.5. The van der Waals surface area contributed by atoms with Crippen molar-refractivity contribution in [3.8, 4) is 0 Å². The van der Waals surface area contributed by atoms with E-state index in [0.29, 0.717) is 12.0 Å². The molecule has 7 heteroatoms. The van der Waals surface area contributed by atoms with E-state index in [-0.39, 0.29) is 11.2 Å². The third-order valence-corrected chi connectivity index (χ3v) is 6.54. The van der Waals surface area contributed by atoms with Gasteiger partial charge in [0.05, 0.1) is 5.25 Å². The van der Waals surface area contributed by atoms with Crippen LogP contribution < -0.4 is 10.6 Å². The van der Waals surface area contributed by atoms with Crippen molar-refractivity contribution in [3.63, 3.8) is 0 Å². The lowest BCUT2D eigenvalue weighted by atomic mass is 9.86. The van der Waals surface area contributed by atoms with Crippen LogP contribution >= 0.6 is 23.1 Å². The molecule has 0 radical (unpaired) electrons. The topological polar surface area (TPSA) is 66.9 Å². The van der Waals surface area contributed by atoms with Crippen molar-refractivity contribution >= 4 is 39.8 Å². The van der Waals surface area contributed by atoms with E-state index in [2.05, 4.69) is 27.8 Å². The molecule has 0 aliphatic heterocycles. The lowest BCUT2D eigenvalue weighted by Gasteiger charge is -2.30. The lowest BCUT2D eigenvalue weighted by Crippen LogP contribution is -2.44. The summed E-state index contributed by atoms with van der Waals surface area (Å²) < 4.78 is 0.803.